The first-order chi connectivity index (χ1) is 15.1. The molecule has 0 atom stereocenters. The number of phenols is 1. The summed E-state index contributed by atoms with van der Waals surface area (Å²) in [5, 5.41) is 12.0. The van der Waals surface area contributed by atoms with Crippen LogP contribution in [-0.4, -0.2) is 54.2 Å². The second-order valence-electron chi connectivity index (χ2n) is 6.83. The SMILES string of the molecule is COC(=O)c1ccc2c(-c3c(NS(C)(=O)=O)cc(OC)c(OC)c3OC)c(O)ccc2c1. The molecule has 0 spiro atoms. The van der Waals surface area contributed by atoms with E-state index in [1.807, 2.05) is 0 Å². The van der Waals surface area contributed by atoms with Crippen LogP contribution in [0.25, 0.3) is 21.9 Å². The molecular formula is C22H23NO8S. The summed E-state index contributed by atoms with van der Waals surface area (Å²) in [5.74, 6) is -0.0496. The number of esters is 1. The minimum Gasteiger partial charge on any atom is -0.507 e. The van der Waals surface area contributed by atoms with Crippen molar-refractivity contribution in [2.75, 3.05) is 39.4 Å². The van der Waals surface area contributed by atoms with Gasteiger partial charge in [0.25, 0.3) is 0 Å². The van der Waals surface area contributed by atoms with Crippen molar-refractivity contribution >= 4 is 32.5 Å². The van der Waals surface area contributed by atoms with Crippen molar-refractivity contribution in [3.05, 3.63) is 42.0 Å². The maximum atomic E-state index is 12.1. The molecule has 0 aliphatic heterocycles. The van der Waals surface area contributed by atoms with E-state index in [9.17, 15) is 18.3 Å². The number of rotatable bonds is 7. The molecule has 0 saturated carbocycles. The number of ether oxygens (including phenoxy) is 4. The summed E-state index contributed by atoms with van der Waals surface area (Å²) in [6.45, 7) is 0. The van der Waals surface area contributed by atoms with Gasteiger partial charge >= 0.3 is 5.97 Å². The maximum absolute atomic E-state index is 12.1. The smallest absolute Gasteiger partial charge is 0.337 e. The van der Waals surface area contributed by atoms with Crippen LogP contribution in [0.5, 0.6) is 23.0 Å². The Bertz CT molecular complexity index is 1300. The molecule has 0 bridgehead atoms. The number of carbonyl (C=O) groups excluding carboxylic acids is 1. The second-order valence-corrected chi connectivity index (χ2v) is 8.58. The van der Waals surface area contributed by atoms with Crippen LogP contribution in [0, 0.1) is 0 Å². The van der Waals surface area contributed by atoms with Crippen molar-refractivity contribution in [3.63, 3.8) is 0 Å². The van der Waals surface area contributed by atoms with Gasteiger partial charge in [0.1, 0.15) is 5.75 Å². The van der Waals surface area contributed by atoms with Crippen LogP contribution >= 0.6 is 0 Å². The summed E-state index contributed by atoms with van der Waals surface area (Å²) in [7, 11) is 1.79. The molecular weight excluding hydrogens is 438 g/mol. The minimum absolute atomic E-state index is 0.113. The van der Waals surface area contributed by atoms with Gasteiger partial charge in [-0.25, -0.2) is 13.2 Å². The highest BCUT2D eigenvalue weighted by atomic mass is 32.2. The maximum Gasteiger partial charge on any atom is 0.337 e. The lowest BCUT2D eigenvalue weighted by atomic mass is 9.93. The van der Waals surface area contributed by atoms with Crippen molar-refractivity contribution in [1.29, 1.82) is 0 Å². The van der Waals surface area contributed by atoms with Gasteiger partial charge in [-0.1, -0.05) is 12.1 Å². The third-order valence-electron chi connectivity index (χ3n) is 4.79. The normalized spacial score (nSPS) is 11.2. The Morgan fingerprint density at radius 1 is 0.906 bits per heavy atom. The van der Waals surface area contributed by atoms with E-state index < -0.39 is 16.0 Å². The van der Waals surface area contributed by atoms with Crippen LogP contribution in [-0.2, 0) is 14.8 Å². The first kappa shape index (κ1) is 23.0. The van der Waals surface area contributed by atoms with Crippen LogP contribution < -0.4 is 18.9 Å². The molecule has 0 heterocycles. The molecule has 10 heteroatoms. The third-order valence-corrected chi connectivity index (χ3v) is 5.38. The molecule has 0 saturated heterocycles. The van der Waals surface area contributed by atoms with Crippen molar-refractivity contribution in [3.8, 4) is 34.1 Å². The van der Waals surface area contributed by atoms with E-state index in [1.165, 1.54) is 40.6 Å². The average molecular weight is 461 g/mol. The molecule has 0 fully saturated rings. The van der Waals surface area contributed by atoms with E-state index >= 15 is 0 Å². The van der Waals surface area contributed by atoms with Gasteiger partial charge in [0.05, 0.1) is 51.5 Å². The fraction of sp³-hybridized carbons (Fsp3) is 0.227. The highest BCUT2D eigenvalue weighted by molar-refractivity contribution is 7.92. The topological polar surface area (TPSA) is 120 Å². The third kappa shape index (κ3) is 4.22. The molecule has 3 aromatic rings. The molecule has 0 unspecified atom stereocenters. The zero-order valence-corrected chi connectivity index (χ0v) is 19.0. The highest BCUT2D eigenvalue weighted by Gasteiger charge is 2.26. The largest absolute Gasteiger partial charge is 0.507 e. The van der Waals surface area contributed by atoms with Gasteiger partial charge in [-0.3, -0.25) is 4.72 Å². The quantitative estimate of drug-likeness (QED) is 0.514. The number of phenolic OH excluding ortho intramolecular Hbond substituents is 1. The molecule has 0 amide bonds. The van der Waals surface area contributed by atoms with E-state index in [4.69, 9.17) is 18.9 Å². The molecule has 2 N–H and O–H groups in total. The second kappa shape index (κ2) is 8.83. The van der Waals surface area contributed by atoms with Gasteiger partial charge in [0, 0.05) is 11.6 Å². The lowest BCUT2D eigenvalue weighted by Crippen LogP contribution is -2.12. The molecule has 0 aliphatic carbocycles. The van der Waals surface area contributed by atoms with E-state index in [0.717, 1.165) is 6.26 Å². The van der Waals surface area contributed by atoms with Crippen LogP contribution in [0.2, 0.25) is 0 Å². The number of methoxy groups -OCH3 is 4. The van der Waals surface area contributed by atoms with E-state index in [0.29, 0.717) is 16.3 Å². The fourth-order valence-corrected chi connectivity index (χ4v) is 4.07. The standard InChI is InChI=1S/C22H23NO8S/c1-28-17-11-15(23-32(5,26)27)19(21(30-3)20(17)29-2)18-14-8-6-13(22(25)31-4)10-12(14)7-9-16(18)24/h6-11,23-24H,1-5H3. The summed E-state index contributed by atoms with van der Waals surface area (Å²) in [4.78, 5) is 11.9. The molecule has 9 nitrogen and oxygen atoms in total. The summed E-state index contributed by atoms with van der Waals surface area (Å²) in [6, 6.07) is 9.32. The van der Waals surface area contributed by atoms with Crippen LogP contribution in [0.15, 0.2) is 36.4 Å². The number of carbonyl (C=O) groups is 1. The number of aromatic hydroxyl groups is 1. The number of benzene rings is 3. The highest BCUT2D eigenvalue weighted by Crippen LogP contribution is 2.52. The van der Waals surface area contributed by atoms with E-state index in [1.54, 1.807) is 24.3 Å². The van der Waals surface area contributed by atoms with Gasteiger partial charge in [0.2, 0.25) is 15.8 Å². The number of hydrogen-bond donors (Lipinski definition) is 2. The summed E-state index contributed by atoms with van der Waals surface area (Å²) in [6.07, 6.45) is 1.01. The van der Waals surface area contributed by atoms with Crippen molar-refractivity contribution < 1.29 is 37.3 Å². The number of sulfonamides is 1. The molecule has 170 valence electrons. The van der Waals surface area contributed by atoms with Gasteiger partial charge < -0.3 is 24.1 Å². The van der Waals surface area contributed by atoms with E-state index in [-0.39, 0.29) is 39.8 Å². The predicted octanol–water partition coefficient (Wildman–Crippen LogP) is 3.40. The Morgan fingerprint density at radius 2 is 1.59 bits per heavy atom. The first-order valence-corrected chi connectivity index (χ1v) is 11.2. The van der Waals surface area contributed by atoms with Gasteiger partial charge in [-0.2, -0.15) is 0 Å². The van der Waals surface area contributed by atoms with Crippen molar-refractivity contribution in [1.82, 2.24) is 0 Å². The predicted molar refractivity (Wildman–Crippen MR) is 121 cm³/mol. The number of fused-ring (bicyclic) bond motifs is 1. The summed E-state index contributed by atoms with van der Waals surface area (Å²) < 4.78 is 47.8. The number of anilines is 1. The fourth-order valence-electron chi connectivity index (χ4n) is 3.51. The van der Waals surface area contributed by atoms with Crippen LogP contribution in [0.4, 0.5) is 5.69 Å². The van der Waals surface area contributed by atoms with Crippen LogP contribution in [0.3, 0.4) is 0 Å². The average Bonchev–Trinajstić information content (AvgIpc) is 2.76. The van der Waals surface area contributed by atoms with Crippen LogP contribution in [0.1, 0.15) is 10.4 Å². The van der Waals surface area contributed by atoms with Gasteiger partial charge in [0.15, 0.2) is 11.5 Å². The lowest BCUT2D eigenvalue weighted by molar-refractivity contribution is 0.0601. The zero-order valence-electron chi connectivity index (χ0n) is 18.2. The molecule has 0 aliphatic rings. The van der Waals surface area contributed by atoms with Gasteiger partial charge in [-0.05, 0) is 29.0 Å². The molecule has 32 heavy (non-hydrogen) atoms. The Hall–Kier alpha value is -3.66. The molecule has 0 aromatic heterocycles. The molecule has 3 rings (SSSR count). The Morgan fingerprint density at radius 3 is 2.16 bits per heavy atom. The monoisotopic (exact) mass is 461 g/mol. The zero-order chi connectivity index (χ0) is 23.6. The molecule has 3 aromatic carbocycles. The number of nitrogens with one attached hydrogen (secondary N) is 1. The van der Waals surface area contributed by atoms with Crippen molar-refractivity contribution in [2.45, 2.75) is 0 Å². The summed E-state index contributed by atoms with van der Waals surface area (Å²) >= 11 is 0. The number of hydrogen-bond acceptors (Lipinski definition) is 8. The summed E-state index contributed by atoms with van der Waals surface area (Å²) in [5.41, 5.74) is 0.958. The lowest BCUT2D eigenvalue weighted by Gasteiger charge is -2.21. The molecule has 0 radical (unpaired) electrons. The van der Waals surface area contributed by atoms with Crippen molar-refractivity contribution in [2.24, 2.45) is 0 Å². The Labute approximate surface area is 185 Å². The Kier molecular flexibility index (Phi) is 6.35. The minimum atomic E-state index is -3.71. The van der Waals surface area contributed by atoms with E-state index in [2.05, 4.69) is 4.72 Å². The van der Waals surface area contributed by atoms with Gasteiger partial charge in [-0.15, -0.1) is 0 Å². The first-order valence-electron chi connectivity index (χ1n) is 9.30. The Balaban J connectivity index is 2.46.